The number of anilines is 1. The Morgan fingerprint density at radius 3 is 2.44 bits per heavy atom. The van der Waals surface area contributed by atoms with Crippen molar-refractivity contribution >= 4 is 61.8 Å². The van der Waals surface area contributed by atoms with Crippen molar-refractivity contribution in [3.05, 3.63) is 92.9 Å². The monoisotopic (exact) mass is 542 g/mol. The summed E-state index contributed by atoms with van der Waals surface area (Å²) in [5, 5.41) is 11.1. The highest BCUT2D eigenvalue weighted by Crippen LogP contribution is 2.38. The molecule has 3 aromatic rings. The van der Waals surface area contributed by atoms with E-state index in [0.717, 1.165) is 17.3 Å². The molecule has 0 atom stereocenters. The van der Waals surface area contributed by atoms with E-state index in [1.165, 1.54) is 54.5 Å². The standard InChI is InChI=1S/C24H18N2O7S3/c1-15-6-9-19(10-7-15)36(30,31)33-20-11-8-16(12-21(20)32-2)13-22-23(27)25(24(34)35-22)17-4-3-5-18(14-17)26(28)29/h3-14H,1-2H3/b22-13+. The van der Waals surface area contributed by atoms with Crippen molar-refractivity contribution in [1.29, 1.82) is 0 Å². The van der Waals surface area contributed by atoms with Gasteiger partial charge in [-0.1, -0.05) is 53.8 Å². The summed E-state index contributed by atoms with van der Waals surface area (Å²) in [5.41, 5.74) is 1.57. The number of hydrogen-bond acceptors (Lipinski definition) is 9. The van der Waals surface area contributed by atoms with Gasteiger partial charge in [0, 0.05) is 12.1 Å². The van der Waals surface area contributed by atoms with E-state index in [2.05, 4.69) is 0 Å². The summed E-state index contributed by atoms with van der Waals surface area (Å²) < 4.78 is 36.2. The molecule has 0 N–H and O–H groups in total. The number of carbonyl (C=O) groups is 1. The van der Waals surface area contributed by atoms with E-state index in [1.807, 2.05) is 6.92 Å². The first-order chi connectivity index (χ1) is 17.1. The van der Waals surface area contributed by atoms with Crippen LogP contribution in [0.15, 0.2) is 76.5 Å². The number of thioether (sulfide) groups is 1. The van der Waals surface area contributed by atoms with Crippen LogP contribution in [0.4, 0.5) is 11.4 Å². The van der Waals surface area contributed by atoms with Crippen LogP contribution in [0.3, 0.4) is 0 Å². The Kier molecular flexibility index (Phi) is 7.11. The van der Waals surface area contributed by atoms with Crippen LogP contribution < -0.4 is 13.8 Å². The molecular weight excluding hydrogens is 524 g/mol. The van der Waals surface area contributed by atoms with Crippen molar-refractivity contribution in [3.8, 4) is 11.5 Å². The summed E-state index contributed by atoms with van der Waals surface area (Å²) >= 11 is 6.37. The highest BCUT2D eigenvalue weighted by atomic mass is 32.2. The molecule has 36 heavy (non-hydrogen) atoms. The van der Waals surface area contributed by atoms with Crippen LogP contribution in [-0.2, 0) is 14.9 Å². The third-order valence-corrected chi connectivity index (χ3v) is 7.64. The number of carbonyl (C=O) groups excluding carboxylic acids is 1. The van der Waals surface area contributed by atoms with Crippen LogP contribution in [0.2, 0.25) is 0 Å². The molecule has 0 unspecified atom stereocenters. The Morgan fingerprint density at radius 2 is 1.78 bits per heavy atom. The molecule has 1 fully saturated rings. The third-order valence-electron chi connectivity index (χ3n) is 5.09. The summed E-state index contributed by atoms with van der Waals surface area (Å²) in [6, 6.07) is 16.4. The molecule has 1 saturated heterocycles. The largest absolute Gasteiger partial charge is 0.493 e. The van der Waals surface area contributed by atoms with Gasteiger partial charge in [0.05, 0.1) is 22.6 Å². The van der Waals surface area contributed by atoms with E-state index in [9.17, 15) is 23.3 Å². The van der Waals surface area contributed by atoms with Gasteiger partial charge in [0.25, 0.3) is 11.6 Å². The summed E-state index contributed by atoms with van der Waals surface area (Å²) in [6.45, 7) is 1.84. The van der Waals surface area contributed by atoms with E-state index < -0.39 is 20.9 Å². The van der Waals surface area contributed by atoms with Crippen molar-refractivity contribution in [2.75, 3.05) is 12.0 Å². The van der Waals surface area contributed by atoms with Gasteiger partial charge in [0.15, 0.2) is 15.8 Å². The number of aryl methyl sites for hydroxylation is 1. The number of ether oxygens (including phenoxy) is 1. The molecule has 1 aliphatic rings. The molecule has 3 aromatic carbocycles. The van der Waals surface area contributed by atoms with Crippen LogP contribution in [0, 0.1) is 17.0 Å². The summed E-state index contributed by atoms with van der Waals surface area (Å²) in [5.74, 6) is -0.306. The van der Waals surface area contributed by atoms with Gasteiger partial charge in [0.1, 0.15) is 4.90 Å². The van der Waals surface area contributed by atoms with Gasteiger partial charge in [-0.15, -0.1) is 0 Å². The van der Waals surface area contributed by atoms with Crippen LogP contribution >= 0.6 is 24.0 Å². The Balaban J connectivity index is 1.60. The fraction of sp³-hybridized carbons (Fsp3) is 0.0833. The van der Waals surface area contributed by atoms with Gasteiger partial charge in [-0.2, -0.15) is 8.42 Å². The quantitative estimate of drug-likeness (QED) is 0.132. The lowest BCUT2D eigenvalue weighted by molar-refractivity contribution is -0.384. The van der Waals surface area contributed by atoms with Gasteiger partial charge < -0.3 is 8.92 Å². The van der Waals surface area contributed by atoms with E-state index in [-0.39, 0.29) is 37.0 Å². The molecule has 9 nitrogen and oxygen atoms in total. The molecule has 0 saturated carbocycles. The normalized spacial score (nSPS) is 14.8. The number of nitrogens with zero attached hydrogens (tertiary/aromatic N) is 2. The van der Waals surface area contributed by atoms with Crippen LogP contribution in [0.1, 0.15) is 11.1 Å². The molecular formula is C24H18N2O7S3. The SMILES string of the molecule is COc1cc(/C=C2/SC(=S)N(c3cccc([N+](=O)[O-])c3)C2=O)ccc1OS(=O)(=O)c1ccc(C)cc1. The number of nitro groups is 1. The lowest BCUT2D eigenvalue weighted by Gasteiger charge is -2.14. The molecule has 0 aliphatic carbocycles. The second-order valence-corrected chi connectivity index (χ2v) is 10.8. The molecule has 1 aliphatic heterocycles. The van der Waals surface area contributed by atoms with E-state index in [4.69, 9.17) is 21.1 Å². The minimum absolute atomic E-state index is 0.00375. The molecule has 0 bridgehead atoms. The number of non-ortho nitro benzene ring substituents is 1. The minimum atomic E-state index is -4.09. The van der Waals surface area contributed by atoms with Crippen molar-refractivity contribution in [3.63, 3.8) is 0 Å². The van der Waals surface area contributed by atoms with Crippen molar-refractivity contribution in [2.45, 2.75) is 11.8 Å². The first-order valence-electron chi connectivity index (χ1n) is 10.3. The van der Waals surface area contributed by atoms with Gasteiger partial charge in [0.2, 0.25) is 0 Å². The zero-order valence-corrected chi connectivity index (χ0v) is 21.4. The fourth-order valence-corrected chi connectivity index (χ4v) is 5.54. The topological polar surface area (TPSA) is 116 Å². The predicted octanol–water partition coefficient (Wildman–Crippen LogP) is 5.09. The Labute approximate surface area is 216 Å². The third kappa shape index (κ3) is 5.25. The molecule has 0 radical (unpaired) electrons. The number of amides is 1. The maximum Gasteiger partial charge on any atom is 0.339 e. The van der Waals surface area contributed by atoms with Crippen LogP contribution in [0.25, 0.3) is 6.08 Å². The zero-order chi connectivity index (χ0) is 26.0. The van der Waals surface area contributed by atoms with Gasteiger partial charge >= 0.3 is 10.1 Å². The zero-order valence-electron chi connectivity index (χ0n) is 18.9. The second-order valence-electron chi connectivity index (χ2n) is 7.55. The van der Waals surface area contributed by atoms with Crippen molar-refractivity contribution < 1.29 is 27.1 Å². The first-order valence-corrected chi connectivity index (χ1v) is 12.9. The van der Waals surface area contributed by atoms with Crippen molar-refractivity contribution in [1.82, 2.24) is 0 Å². The van der Waals surface area contributed by atoms with Crippen LogP contribution in [-0.4, -0.2) is 30.7 Å². The smallest absolute Gasteiger partial charge is 0.339 e. The van der Waals surface area contributed by atoms with E-state index in [0.29, 0.717) is 5.56 Å². The number of hydrogen-bond donors (Lipinski definition) is 0. The van der Waals surface area contributed by atoms with Gasteiger partial charge in [-0.05, 0) is 48.9 Å². The minimum Gasteiger partial charge on any atom is -0.493 e. The molecule has 1 amide bonds. The molecule has 4 rings (SSSR count). The molecule has 12 heteroatoms. The molecule has 184 valence electrons. The lowest BCUT2D eigenvalue weighted by atomic mass is 10.2. The first kappa shape index (κ1) is 25.4. The van der Waals surface area contributed by atoms with Crippen LogP contribution in [0.5, 0.6) is 11.5 Å². The summed E-state index contributed by atoms with van der Waals surface area (Å²) in [4.78, 5) is 25.1. The maximum absolute atomic E-state index is 13.0. The average molecular weight is 543 g/mol. The second kappa shape index (κ2) is 10.1. The van der Waals surface area contributed by atoms with Crippen molar-refractivity contribution in [2.24, 2.45) is 0 Å². The highest BCUT2D eigenvalue weighted by molar-refractivity contribution is 8.27. The Morgan fingerprint density at radius 1 is 1.06 bits per heavy atom. The number of thiocarbonyl (C=S) groups is 1. The average Bonchev–Trinajstić information content (AvgIpc) is 3.12. The summed E-state index contributed by atoms with van der Waals surface area (Å²) in [7, 11) is -2.72. The Bertz CT molecular complexity index is 1520. The number of benzene rings is 3. The number of nitro benzene ring substituents is 1. The van der Waals surface area contributed by atoms with E-state index in [1.54, 1.807) is 30.3 Å². The molecule has 0 aromatic heterocycles. The highest BCUT2D eigenvalue weighted by Gasteiger charge is 2.34. The number of rotatable bonds is 7. The Hall–Kier alpha value is -3.74. The van der Waals surface area contributed by atoms with E-state index >= 15 is 0 Å². The molecule has 1 heterocycles. The number of methoxy groups -OCH3 is 1. The summed E-state index contributed by atoms with van der Waals surface area (Å²) in [6.07, 6.45) is 1.57. The van der Waals surface area contributed by atoms with Gasteiger partial charge in [-0.3, -0.25) is 19.8 Å². The fourth-order valence-electron chi connectivity index (χ4n) is 3.30. The maximum atomic E-state index is 13.0. The van der Waals surface area contributed by atoms with Gasteiger partial charge in [-0.25, -0.2) is 0 Å². The predicted molar refractivity (Wildman–Crippen MR) is 141 cm³/mol. The molecule has 0 spiro atoms. The lowest BCUT2D eigenvalue weighted by Crippen LogP contribution is -2.27.